The first-order valence-corrected chi connectivity index (χ1v) is 19.4. The molecule has 8 rings (SSSR count). The molecule has 3 aromatic heterocycles. The molecule has 230 valence electrons. The van der Waals surface area contributed by atoms with Crippen LogP contribution in [0.5, 0.6) is 0 Å². The number of imidazole rings is 1. The van der Waals surface area contributed by atoms with E-state index in [0.29, 0.717) is 0 Å². The second-order valence-corrected chi connectivity index (χ2v) is 18.5. The summed E-state index contributed by atoms with van der Waals surface area (Å²) in [7, 11) is -2.13. The Labute approximate surface area is 277 Å². The molecule has 0 aliphatic heterocycles. The maximum atomic E-state index is 4.91. The molecule has 0 saturated heterocycles. The monoisotopic (exact) mass is 627 g/mol. The molecule has 0 bridgehead atoms. The van der Waals surface area contributed by atoms with E-state index < -0.39 is 8.07 Å². The van der Waals surface area contributed by atoms with Crippen molar-refractivity contribution < 1.29 is 4.57 Å². The standard InChI is InChI=1S/C42H39N4Si/c1-42(2,3)30-24-25-43-41(26-30)46-37-19-10-9-18-35(37)36-23-22-34(28-40(36)46)47(4,5)33-17-13-16-32(27-33)45-29-44(31-14-7-6-8-15-31)38-20-11-12-21-39(38)45/h6-29H,1-5H3/q+1. The summed E-state index contributed by atoms with van der Waals surface area (Å²) in [5.74, 6) is 0.966. The van der Waals surface area contributed by atoms with Gasteiger partial charge in [-0.05, 0) is 71.6 Å². The third kappa shape index (κ3) is 4.90. The van der Waals surface area contributed by atoms with Crippen LogP contribution in [0.4, 0.5) is 0 Å². The van der Waals surface area contributed by atoms with E-state index in [1.54, 1.807) is 0 Å². The molecule has 0 aliphatic carbocycles. The molecule has 0 radical (unpaired) electrons. The van der Waals surface area contributed by atoms with Crippen LogP contribution >= 0.6 is 0 Å². The zero-order valence-electron chi connectivity index (χ0n) is 27.6. The van der Waals surface area contributed by atoms with Crippen molar-refractivity contribution in [3.8, 4) is 17.2 Å². The molecule has 5 aromatic carbocycles. The van der Waals surface area contributed by atoms with E-state index in [-0.39, 0.29) is 5.41 Å². The molecule has 0 unspecified atom stereocenters. The Morgan fingerprint density at radius 2 is 1.32 bits per heavy atom. The van der Waals surface area contributed by atoms with Crippen LogP contribution in [0.25, 0.3) is 50.0 Å². The molecule has 0 N–H and O–H groups in total. The number of pyridine rings is 1. The second-order valence-electron chi connectivity index (χ2n) is 14.1. The Morgan fingerprint density at radius 1 is 0.617 bits per heavy atom. The maximum Gasteiger partial charge on any atom is 0.255 e. The summed E-state index contributed by atoms with van der Waals surface area (Å²) in [5.41, 5.74) is 8.40. The highest BCUT2D eigenvalue weighted by Crippen LogP contribution is 2.33. The highest BCUT2D eigenvalue weighted by Gasteiger charge is 2.29. The summed E-state index contributed by atoms with van der Waals surface area (Å²) in [6, 6.07) is 48.6. The highest BCUT2D eigenvalue weighted by atomic mass is 28.3. The van der Waals surface area contributed by atoms with Crippen molar-refractivity contribution in [2.75, 3.05) is 0 Å². The molecule has 47 heavy (non-hydrogen) atoms. The van der Waals surface area contributed by atoms with Gasteiger partial charge < -0.3 is 0 Å². The third-order valence-corrected chi connectivity index (χ3v) is 13.3. The fraction of sp³-hybridized carbons (Fsp3) is 0.143. The van der Waals surface area contributed by atoms with Gasteiger partial charge in [0.2, 0.25) is 0 Å². The molecule has 0 amide bonds. The zero-order valence-corrected chi connectivity index (χ0v) is 28.6. The van der Waals surface area contributed by atoms with Crippen molar-refractivity contribution >= 4 is 51.3 Å². The van der Waals surface area contributed by atoms with E-state index in [1.807, 2.05) is 6.20 Å². The summed E-state index contributed by atoms with van der Waals surface area (Å²) in [5, 5.41) is 5.31. The Morgan fingerprint density at radius 3 is 2.13 bits per heavy atom. The van der Waals surface area contributed by atoms with Gasteiger partial charge in [-0.25, -0.2) is 4.98 Å². The lowest BCUT2D eigenvalue weighted by Crippen LogP contribution is -2.52. The van der Waals surface area contributed by atoms with Crippen LogP contribution < -0.4 is 14.9 Å². The smallest absolute Gasteiger partial charge is 0.255 e. The van der Waals surface area contributed by atoms with Gasteiger partial charge in [-0.1, -0.05) is 117 Å². The van der Waals surface area contributed by atoms with Crippen LogP contribution in [0.1, 0.15) is 26.3 Å². The summed E-state index contributed by atoms with van der Waals surface area (Å²) in [4.78, 5) is 4.91. The Hall–Kier alpha value is -5.26. The Bertz CT molecular complexity index is 2430. The number of rotatable bonds is 5. The molecular weight excluding hydrogens is 589 g/mol. The van der Waals surface area contributed by atoms with Gasteiger partial charge in [0.1, 0.15) is 25.3 Å². The number of benzene rings is 5. The van der Waals surface area contributed by atoms with Crippen molar-refractivity contribution in [2.24, 2.45) is 0 Å². The number of fused-ring (bicyclic) bond motifs is 4. The lowest BCUT2D eigenvalue weighted by molar-refractivity contribution is -0.567. The van der Waals surface area contributed by atoms with Crippen molar-refractivity contribution in [1.82, 2.24) is 14.1 Å². The van der Waals surface area contributed by atoms with Crippen LogP contribution in [0.3, 0.4) is 0 Å². The lowest BCUT2D eigenvalue weighted by Gasteiger charge is -2.24. The van der Waals surface area contributed by atoms with E-state index in [0.717, 1.165) is 11.5 Å². The number of aromatic nitrogens is 4. The van der Waals surface area contributed by atoms with Crippen LogP contribution in [-0.2, 0) is 5.41 Å². The molecule has 4 nitrogen and oxygen atoms in total. The SMILES string of the molecule is CC(C)(C)c1ccnc(-n2c3ccccc3c3ccc([Si](C)(C)c4cccc(-n5c[n+](-c6ccccc6)c6ccccc65)c4)cc32)c1. The van der Waals surface area contributed by atoms with E-state index >= 15 is 0 Å². The lowest BCUT2D eigenvalue weighted by atomic mass is 9.88. The summed E-state index contributed by atoms with van der Waals surface area (Å²) >= 11 is 0. The Kier molecular flexibility index (Phi) is 6.78. The minimum Gasteiger partial charge on any atom is -0.294 e. The van der Waals surface area contributed by atoms with Crippen LogP contribution in [0.2, 0.25) is 13.1 Å². The summed E-state index contributed by atoms with van der Waals surface area (Å²) < 4.78 is 6.96. The molecule has 0 fully saturated rings. The van der Waals surface area contributed by atoms with Gasteiger partial charge in [0, 0.05) is 17.0 Å². The van der Waals surface area contributed by atoms with Gasteiger partial charge >= 0.3 is 0 Å². The topological polar surface area (TPSA) is 26.6 Å². The van der Waals surface area contributed by atoms with Gasteiger partial charge in [0.15, 0.2) is 11.0 Å². The van der Waals surface area contributed by atoms with Gasteiger partial charge in [0.05, 0.1) is 11.0 Å². The fourth-order valence-electron chi connectivity index (χ4n) is 6.94. The largest absolute Gasteiger partial charge is 0.294 e. The van der Waals surface area contributed by atoms with Crippen molar-refractivity contribution in [3.63, 3.8) is 0 Å². The molecule has 0 saturated carbocycles. The van der Waals surface area contributed by atoms with E-state index in [1.165, 1.54) is 54.5 Å². The van der Waals surface area contributed by atoms with E-state index in [9.17, 15) is 0 Å². The fourth-order valence-corrected chi connectivity index (χ4v) is 9.29. The minimum absolute atomic E-state index is 0.0347. The van der Waals surface area contributed by atoms with Crippen LogP contribution in [0, 0.1) is 0 Å². The summed E-state index contributed by atoms with van der Waals surface area (Å²) in [6.45, 7) is 11.7. The highest BCUT2D eigenvalue weighted by molar-refractivity contribution is 7.00. The molecule has 8 aromatic rings. The first-order chi connectivity index (χ1) is 22.7. The molecular formula is C42H39N4Si+. The van der Waals surface area contributed by atoms with Gasteiger partial charge in [-0.2, -0.15) is 9.13 Å². The van der Waals surface area contributed by atoms with Crippen molar-refractivity contribution in [1.29, 1.82) is 0 Å². The van der Waals surface area contributed by atoms with Crippen LogP contribution in [-0.4, -0.2) is 22.2 Å². The van der Waals surface area contributed by atoms with Crippen molar-refractivity contribution in [3.05, 3.63) is 152 Å². The number of nitrogens with zero attached hydrogens (tertiary/aromatic N) is 4. The normalized spacial score (nSPS) is 12.4. The number of para-hydroxylation sites is 4. The third-order valence-electron chi connectivity index (χ3n) is 9.75. The van der Waals surface area contributed by atoms with E-state index in [4.69, 9.17) is 4.98 Å². The van der Waals surface area contributed by atoms with Gasteiger partial charge in [-0.15, -0.1) is 0 Å². The predicted octanol–water partition coefficient (Wildman–Crippen LogP) is 8.52. The van der Waals surface area contributed by atoms with Crippen LogP contribution in [0.15, 0.2) is 146 Å². The molecule has 5 heteroatoms. The average molecular weight is 628 g/mol. The number of hydrogen-bond donors (Lipinski definition) is 0. The van der Waals surface area contributed by atoms with Gasteiger partial charge in [-0.3, -0.25) is 4.57 Å². The molecule has 3 heterocycles. The number of hydrogen-bond acceptors (Lipinski definition) is 1. The van der Waals surface area contributed by atoms with E-state index in [2.05, 4.69) is 187 Å². The molecule has 0 spiro atoms. The molecule has 0 aliphatic rings. The Balaban J connectivity index is 1.27. The molecule has 0 atom stereocenters. The van der Waals surface area contributed by atoms with Crippen molar-refractivity contribution in [2.45, 2.75) is 39.3 Å². The zero-order chi connectivity index (χ0) is 32.3. The second kappa shape index (κ2) is 10.9. The summed E-state index contributed by atoms with van der Waals surface area (Å²) in [6.07, 6.45) is 4.17. The predicted molar refractivity (Wildman–Crippen MR) is 199 cm³/mol. The average Bonchev–Trinajstić information content (AvgIpc) is 3.65. The minimum atomic E-state index is -2.13. The van der Waals surface area contributed by atoms with Gasteiger partial charge in [0.25, 0.3) is 6.33 Å². The maximum absolute atomic E-state index is 4.91. The first-order valence-electron chi connectivity index (χ1n) is 16.4. The quantitative estimate of drug-likeness (QED) is 0.139. The first kappa shape index (κ1) is 29.2.